The molecule has 0 aromatic rings. The molecule has 2 fully saturated rings. The topological polar surface area (TPSA) is 117 Å². The van der Waals surface area contributed by atoms with Gasteiger partial charge in [-0.25, -0.2) is 4.79 Å². The first-order valence-electron chi connectivity index (χ1n) is 7.82. The number of nitrogens with one attached hydrogen (secondary N) is 3. The normalized spacial score (nSPS) is 19.9. The lowest BCUT2D eigenvalue weighted by atomic mass is 10.2. The van der Waals surface area contributed by atoms with Crippen LogP contribution in [0.4, 0.5) is 4.79 Å². The summed E-state index contributed by atoms with van der Waals surface area (Å²) in [5.41, 5.74) is 0. The summed E-state index contributed by atoms with van der Waals surface area (Å²) in [6, 6.07) is -0.241. The Morgan fingerprint density at radius 1 is 1.22 bits per heavy atom. The van der Waals surface area contributed by atoms with Gasteiger partial charge in [0.05, 0.1) is 12.7 Å². The van der Waals surface area contributed by atoms with Crippen LogP contribution < -0.4 is 16.0 Å². The van der Waals surface area contributed by atoms with Gasteiger partial charge in [-0.2, -0.15) is 0 Å². The van der Waals surface area contributed by atoms with E-state index in [1.54, 1.807) is 0 Å². The van der Waals surface area contributed by atoms with Crippen LogP contribution >= 0.6 is 0 Å². The van der Waals surface area contributed by atoms with E-state index in [-0.39, 0.29) is 31.5 Å². The van der Waals surface area contributed by atoms with E-state index in [1.807, 2.05) is 0 Å². The summed E-state index contributed by atoms with van der Waals surface area (Å²) in [5, 5.41) is 8.19. The van der Waals surface area contributed by atoms with Gasteiger partial charge in [0.25, 0.3) is 11.8 Å². The van der Waals surface area contributed by atoms with E-state index >= 15 is 0 Å². The maximum absolute atomic E-state index is 11.6. The molecule has 0 spiro atoms. The smallest absolute Gasteiger partial charge is 0.337 e. The predicted octanol–water partition coefficient (Wildman–Crippen LogP) is 0.0186. The molecule has 130 valence electrons. The zero-order valence-electron chi connectivity index (χ0n) is 13.5. The van der Waals surface area contributed by atoms with Gasteiger partial charge in [0.15, 0.2) is 0 Å². The standard InChI is InChI=1S/C11H16N4O5.C3H8/c16-8-3-4-9(17)15(8)20-11(19)14-6-13-10(18)7-2-1-5-12-7;1-3-2/h7,12H,1-6H2,(H,13,18)(H,14,19);3H2,1-2H3. The van der Waals surface area contributed by atoms with E-state index in [9.17, 15) is 19.2 Å². The summed E-state index contributed by atoms with van der Waals surface area (Å²) >= 11 is 0. The van der Waals surface area contributed by atoms with Crippen LogP contribution in [0, 0.1) is 0 Å². The third-order valence-corrected chi connectivity index (χ3v) is 3.05. The summed E-state index contributed by atoms with van der Waals surface area (Å²) in [5.74, 6) is -1.31. The number of hydrogen-bond donors (Lipinski definition) is 3. The van der Waals surface area contributed by atoms with Crippen LogP contribution in [0.5, 0.6) is 0 Å². The molecule has 1 unspecified atom stereocenters. The van der Waals surface area contributed by atoms with Gasteiger partial charge in [-0.05, 0) is 19.4 Å². The number of imide groups is 1. The van der Waals surface area contributed by atoms with Gasteiger partial charge in [-0.1, -0.05) is 20.3 Å². The molecule has 2 heterocycles. The number of amides is 4. The first-order valence-corrected chi connectivity index (χ1v) is 7.82. The fourth-order valence-corrected chi connectivity index (χ4v) is 2.01. The molecule has 0 aliphatic carbocycles. The number of carbonyl (C=O) groups is 4. The molecule has 2 saturated heterocycles. The van der Waals surface area contributed by atoms with Crippen molar-refractivity contribution >= 4 is 23.8 Å². The highest BCUT2D eigenvalue weighted by molar-refractivity contribution is 6.01. The molecule has 3 N–H and O–H groups in total. The van der Waals surface area contributed by atoms with Crippen molar-refractivity contribution < 1.29 is 24.0 Å². The van der Waals surface area contributed by atoms with Crippen molar-refractivity contribution in [1.29, 1.82) is 0 Å². The summed E-state index contributed by atoms with van der Waals surface area (Å²) in [4.78, 5) is 49.9. The van der Waals surface area contributed by atoms with E-state index in [0.717, 1.165) is 19.4 Å². The molecule has 0 saturated carbocycles. The highest BCUT2D eigenvalue weighted by atomic mass is 16.7. The van der Waals surface area contributed by atoms with Gasteiger partial charge in [0.1, 0.15) is 0 Å². The molecule has 0 aromatic carbocycles. The van der Waals surface area contributed by atoms with Crippen molar-refractivity contribution in [2.45, 2.75) is 52.0 Å². The van der Waals surface area contributed by atoms with Crippen LogP contribution in [0.2, 0.25) is 0 Å². The summed E-state index contributed by atoms with van der Waals surface area (Å²) < 4.78 is 0. The Labute approximate surface area is 135 Å². The number of hydroxylamine groups is 2. The lowest BCUT2D eigenvalue weighted by molar-refractivity contribution is -0.171. The minimum Gasteiger partial charge on any atom is -0.337 e. The van der Waals surface area contributed by atoms with Crippen molar-refractivity contribution in [3.05, 3.63) is 0 Å². The Morgan fingerprint density at radius 3 is 2.35 bits per heavy atom. The van der Waals surface area contributed by atoms with Gasteiger partial charge in [-0.3, -0.25) is 14.4 Å². The zero-order valence-corrected chi connectivity index (χ0v) is 13.5. The van der Waals surface area contributed by atoms with Crippen molar-refractivity contribution in [3.63, 3.8) is 0 Å². The van der Waals surface area contributed by atoms with Crippen LogP contribution in [-0.2, 0) is 19.2 Å². The van der Waals surface area contributed by atoms with Gasteiger partial charge < -0.3 is 20.8 Å². The molecule has 2 aliphatic heterocycles. The predicted molar refractivity (Wildman–Crippen MR) is 80.7 cm³/mol. The Hall–Kier alpha value is -2.16. The third-order valence-electron chi connectivity index (χ3n) is 3.05. The molecular formula is C14H24N4O5. The Morgan fingerprint density at radius 2 is 1.83 bits per heavy atom. The van der Waals surface area contributed by atoms with Crippen molar-refractivity contribution in [3.8, 4) is 0 Å². The molecule has 23 heavy (non-hydrogen) atoms. The summed E-state index contributed by atoms with van der Waals surface area (Å²) in [7, 11) is 0. The van der Waals surface area contributed by atoms with Crippen LogP contribution in [-0.4, -0.2) is 48.1 Å². The quantitative estimate of drug-likeness (QED) is 0.495. The second kappa shape index (κ2) is 9.78. The molecule has 0 radical (unpaired) electrons. The average molecular weight is 328 g/mol. The molecule has 2 aliphatic rings. The Bertz CT molecular complexity index is 432. The van der Waals surface area contributed by atoms with Crippen molar-refractivity contribution in [2.75, 3.05) is 13.2 Å². The molecule has 0 bridgehead atoms. The molecule has 9 heteroatoms. The van der Waals surface area contributed by atoms with Crippen LogP contribution in [0.3, 0.4) is 0 Å². The van der Waals surface area contributed by atoms with Crippen molar-refractivity contribution in [1.82, 2.24) is 21.0 Å². The number of carbonyl (C=O) groups excluding carboxylic acids is 4. The fourth-order valence-electron chi connectivity index (χ4n) is 2.01. The first-order chi connectivity index (χ1) is 11.0. The average Bonchev–Trinajstić information content (AvgIpc) is 3.14. The largest absolute Gasteiger partial charge is 0.433 e. The van der Waals surface area contributed by atoms with Gasteiger partial charge in [0, 0.05) is 12.8 Å². The third kappa shape index (κ3) is 6.23. The minimum absolute atomic E-state index is 0.0379. The molecule has 1 atom stereocenters. The maximum Gasteiger partial charge on any atom is 0.433 e. The summed E-state index contributed by atoms with van der Waals surface area (Å²) in [6.07, 6.45) is 2.06. The molecule has 0 aromatic heterocycles. The lowest BCUT2D eigenvalue weighted by Crippen LogP contribution is -2.46. The minimum atomic E-state index is -0.965. The highest BCUT2D eigenvalue weighted by Crippen LogP contribution is 2.11. The Kier molecular flexibility index (Phi) is 8.03. The van der Waals surface area contributed by atoms with E-state index in [0.29, 0.717) is 5.06 Å². The van der Waals surface area contributed by atoms with Gasteiger partial charge >= 0.3 is 6.09 Å². The Balaban J connectivity index is 0.000000816. The number of hydrogen-bond acceptors (Lipinski definition) is 6. The second-order valence-electron chi connectivity index (χ2n) is 5.21. The van der Waals surface area contributed by atoms with Crippen molar-refractivity contribution in [2.24, 2.45) is 0 Å². The van der Waals surface area contributed by atoms with Gasteiger partial charge in [-0.15, -0.1) is 5.06 Å². The number of nitrogens with zero attached hydrogens (tertiary/aromatic N) is 1. The summed E-state index contributed by atoms with van der Waals surface area (Å²) in [6.45, 7) is 4.92. The number of rotatable bonds is 4. The van der Waals surface area contributed by atoms with Crippen LogP contribution in [0.25, 0.3) is 0 Å². The first kappa shape index (κ1) is 18.9. The van der Waals surface area contributed by atoms with Gasteiger partial charge in [0.2, 0.25) is 5.91 Å². The lowest BCUT2D eigenvalue weighted by Gasteiger charge is -2.14. The molecule has 4 amide bonds. The second-order valence-corrected chi connectivity index (χ2v) is 5.21. The van der Waals surface area contributed by atoms with E-state index < -0.39 is 17.9 Å². The maximum atomic E-state index is 11.6. The van der Waals surface area contributed by atoms with Crippen LogP contribution in [0.15, 0.2) is 0 Å². The van der Waals surface area contributed by atoms with Crippen LogP contribution in [0.1, 0.15) is 46.0 Å². The molecule has 9 nitrogen and oxygen atoms in total. The monoisotopic (exact) mass is 328 g/mol. The molecular weight excluding hydrogens is 304 g/mol. The fraction of sp³-hybridized carbons (Fsp3) is 0.714. The van der Waals surface area contributed by atoms with E-state index in [1.165, 1.54) is 6.42 Å². The van der Waals surface area contributed by atoms with E-state index in [2.05, 4.69) is 34.6 Å². The SMILES string of the molecule is CCC.O=C(NCNC(=O)C1CCCN1)ON1C(=O)CCC1=O. The zero-order chi connectivity index (χ0) is 17.2. The molecule has 2 rings (SSSR count). The highest BCUT2D eigenvalue weighted by Gasteiger charge is 2.32. The van der Waals surface area contributed by atoms with E-state index in [4.69, 9.17) is 0 Å².